The molecule has 1 saturated carbocycles. The Balaban J connectivity index is 1.51. The largest absolute Gasteiger partial charge is 0.391 e. The van der Waals surface area contributed by atoms with Crippen LogP contribution in [0.2, 0.25) is 0 Å². The summed E-state index contributed by atoms with van der Waals surface area (Å²) in [5, 5.41) is 13.1. The van der Waals surface area contributed by atoms with Crippen LogP contribution in [0, 0.1) is 5.92 Å². The molecule has 0 bridgehead atoms. The molecule has 1 aliphatic heterocycles. The number of likely N-dealkylation sites (tertiary alicyclic amines) is 1. The molecule has 2 N–H and O–H groups in total. The third-order valence-corrected chi connectivity index (χ3v) is 5.41. The standard InChI is InChI=1S/C20H31N3O/c1-2-21-20(23-13-12-19(24)15-23)22-14-16-8-10-18(11-9-16)17-6-4-3-5-7-17/h3-7,16,18-19,24H,2,8-15H2,1H3,(H,21,22)/t16?,18?,19-/m1/s1. The van der Waals surface area contributed by atoms with E-state index in [0.29, 0.717) is 12.5 Å². The van der Waals surface area contributed by atoms with E-state index in [2.05, 4.69) is 47.5 Å². The molecule has 1 heterocycles. The normalized spacial score (nSPS) is 28.2. The van der Waals surface area contributed by atoms with Gasteiger partial charge in [0, 0.05) is 26.2 Å². The highest BCUT2D eigenvalue weighted by Crippen LogP contribution is 2.35. The van der Waals surface area contributed by atoms with Crippen molar-refractivity contribution in [2.45, 2.75) is 51.0 Å². The van der Waals surface area contributed by atoms with Gasteiger partial charge in [0.2, 0.25) is 0 Å². The van der Waals surface area contributed by atoms with E-state index in [4.69, 9.17) is 4.99 Å². The van der Waals surface area contributed by atoms with Crippen LogP contribution in [0.15, 0.2) is 35.3 Å². The zero-order valence-electron chi connectivity index (χ0n) is 14.8. The number of aliphatic hydroxyl groups excluding tert-OH is 1. The van der Waals surface area contributed by atoms with Crippen LogP contribution in [0.25, 0.3) is 0 Å². The fraction of sp³-hybridized carbons (Fsp3) is 0.650. The maximum atomic E-state index is 9.75. The first-order valence-electron chi connectivity index (χ1n) is 9.52. The molecule has 1 aromatic carbocycles. The average molecular weight is 329 g/mol. The topological polar surface area (TPSA) is 47.9 Å². The van der Waals surface area contributed by atoms with Crippen LogP contribution < -0.4 is 5.32 Å². The zero-order valence-corrected chi connectivity index (χ0v) is 14.8. The molecule has 3 rings (SSSR count). The molecule has 1 atom stereocenters. The number of hydrogen-bond acceptors (Lipinski definition) is 2. The Bertz CT molecular complexity index is 523. The Morgan fingerprint density at radius 1 is 1.17 bits per heavy atom. The number of rotatable bonds is 4. The fourth-order valence-corrected chi connectivity index (χ4v) is 3.98. The Kier molecular flexibility index (Phi) is 6.13. The Morgan fingerprint density at radius 3 is 2.54 bits per heavy atom. The predicted octanol–water partition coefficient (Wildman–Crippen LogP) is 2.99. The lowest BCUT2D eigenvalue weighted by Crippen LogP contribution is -2.40. The van der Waals surface area contributed by atoms with Gasteiger partial charge in [-0.15, -0.1) is 0 Å². The molecule has 0 unspecified atom stereocenters. The highest BCUT2D eigenvalue weighted by molar-refractivity contribution is 5.80. The van der Waals surface area contributed by atoms with Gasteiger partial charge < -0.3 is 15.3 Å². The van der Waals surface area contributed by atoms with E-state index < -0.39 is 0 Å². The molecule has 4 heteroatoms. The van der Waals surface area contributed by atoms with Gasteiger partial charge in [0.15, 0.2) is 5.96 Å². The average Bonchev–Trinajstić information content (AvgIpc) is 3.06. The van der Waals surface area contributed by atoms with E-state index in [0.717, 1.165) is 37.9 Å². The highest BCUT2D eigenvalue weighted by Gasteiger charge is 2.25. The molecule has 0 radical (unpaired) electrons. The molecule has 0 spiro atoms. The second kappa shape index (κ2) is 8.52. The molecule has 2 fully saturated rings. The Labute approximate surface area is 146 Å². The zero-order chi connectivity index (χ0) is 16.8. The quantitative estimate of drug-likeness (QED) is 0.659. The lowest BCUT2D eigenvalue weighted by atomic mass is 9.79. The summed E-state index contributed by atoms with van der Waals surface area (Å²) < 4.78 is 0. The summed E-state index contributed by atoms with van der Waals surface area (Å²) in [7, 11) is 0. The SMILES string of the molecule is CCNC(=NCC1CCC(c2ccccc2)CC1)N1CC[C@@H](O)C1. The second-order valence-electron chi connectivity index (χ2n) is 7.21. The van der Waals surface area contributed by atoms with Crippen molar-refractivity contribution < 1.29 is 5.11 Å². The number of aliphatic imine (C=N–C) groups is 1. The number of nitrogens with one attached hydrogen (secondary N) is 1. The van der Waals surface area contributed by atoms with Crippen LogP contribution >= 0.6 is 0 Å². The molecule has 0 aromatic heterocycles. The van der Waals surface area contributed by atoms with Crippen molar-refractivity contribution in [2.75, 3.05) is 26.2 Å². The summed E-state index contributed by atoms with van der Waals surface area (Å²) in [5.41, 5.74) is 1.50. The number of aliphatic hydroxyl groups is 1. The monoisotopic (exact) mass is 329 g/mol. The first kappa shape index (κ1) is 17.3. The summed E-state index contributed by atoms with van der Waals surface area (Å²) >= 11 is 0. The first-order valence-corrected chi connectivity index (χ1v) is 9.52. The maximum absolute atomic E-state index is 9.75. The van der Waals surface area contributed by atoms with Gasteiger partial charge in [-0.05, 0) is 56.4 Å². The summed E-state index contributed by atoms with van der Waals surface area (Å²) in [6, 6.07) is 10.9. The first-order chi connectivity index (χ1) is 11.8. The third-order valence-electron chi connectivity index (χ3n) is 5.41. The van der Waals surface area contributed by atoms with E-state index in [1.807, 2.05) is 0 Å². The van der Waals surface area contributed by atoms with E-state index in [-0.39, 0.29) is 6.10 Å². The van der Waals surface area contributed by atoms with Gasteiger partial charge in [-0.3, -0.25) is 4.99 Å². The summed E-state index contributed by atoms with van der Waals surface area (Å²) in [4.78, 5) is 7.07. The van der Waals surface area contributed by atoms with Crippen LogP contribution in [-0.4, -0.2) is 48.2 Å². The lowest BCUT2D eigenvalue weighted by molar-refractivity contribution is 0.187. The summed E-state index contributed by atoms with van der Waals surface area (Å²) in [6.45, 7) is 5.52. The summed E-state index contributed by atoms with van der Waals surface area (Å²) in [5.74, 6) is 2.42. The van der Waals surface area contributed by atoms with Gasteiger partial charge in [-0.1, -0.05) is 30.3 Å². The van der Waals surface area contributed by atoms with Crippen molar-refractivity contribution >= 4 is 5.96 Å². The van der Waals surface area contributed by atoms with E-state index in [1.54, 1.807) is 0 Å². The second-order valence-corrected chi connectivity index (χ2v) is 7.21. The van der Waals surface area contributed by atoms with Crippen molar-refractivity contribution in [2.24, 2.45) is 10.9 Å². The van der Waals surface area contributed by atoms with Crippen LogP contribution in [0.5, 0.6) is 0 Å². The molecule has 0 amide bonds. The minimum Gasteiger partial charge on any atom is -0.391 e. The molecule has 132 valence electrons. The van der Waals surface area contributed by atoms with Crippen molar-refractivity contribution in [1.82, 2.24) is 10.2 Å². The van der Waals surface area contributed by atoms with E-state index in [1.165, 1.54) is 31.2 Å². The molecule has 24 heavy (non-hydrogen) atoms. The van der Waals surface area contributed by atoms with Crippen LogP contribution in [-0.2, 0) is 0 Å². The smallest absolute Gasteiger partial charge is 0.194 e. The van der Waals surface area contributed by atoms with Gasteiger partial charge in [0.05, 0.1) is 6.10 Å². The molecular weight excluding hydrogens is 298 g/mol. The molecule has 1 saturated heterocycles. The molecule has 1 aliphatic carbocycles. The van der Waals surface area contributed by atoms with Crippen molar-refractivity contribution in [1.29, 1.82) is 0 Å². The number of β-amino-alcohol motifs (C(OH)–C–C–N with tert-alkyl or cyclic N) is 1. The number of hydrogen-bond donors (Lipinski definition) is 2. The molecule has 4 nitrogen and oxygen atoms in total. The number of benzene rings is 1. The van der Waals surface area contributed by atoms with Crippen molar-refractivity contribution in [3.05, 3.63) is 35.9 Å². The van der Waals surface area contributed by atoms with E-state index >= 15 is 0 Å². The maximum Gasteiger partial charge on any atom is 0.194 e. The summed E-state index contributed by atoms with van der Waals surface area (Å²) in [6.07, 6.45) is 5.75. The van der Waals surface area contributed by atoms with Gasteiger partial charge >= 0.3 is 0 Å². The molecule has 1 aromatic rings. The van der Waals surface area contributed by atoms with Crippen molar-refractivity contribution in [3.63, 3.8) is 0 Å². The van der Waals surface area contributed by atoms with Crippen LogP contribution in [0.3, 0.4) is 0 Å². The minimum absolute atomic E-state index is 0.199. The minimum atomic E-state index is -0.199. The highest BCUT2D eigenvalue weighted by atomic mass is 16.3. The lowest BCUT2D eigenvalue weighted by Gasteiger charge is -2.28. The van der Waals surface area contributed by atoms with Crippen LogP contribution in [0.4, 0.5) is 0 Å². The Hall–Kier alpha value is -1.55. The molecular formula is C20H31N3O. The number of nitrogens with zero attached hydrogens (tertiary/aromatic N) is 2. The van der Waals surface area contributed by atoms with Crippen molar-refractivity contribution in [3.8, 4) is 0 Å². The molecule has 2 aliphatic rings. The van der Waals surface area contributed by atoms with Gasteiger partial charge in [-0.2, -0.15) is 0 Å². The third kappa shape index (κ3) is 4.50. The van der Waals surface area contributed by atoms with Gasteiger partial charge in [-0.25, -0.2) is 0 Å². The van der Waals surface area contributed by atoms with Crippen LogP contribution in [0.1, 0.15) is 50.5 Å². The Morgan fingerprint density at radius 2 is 1.92 bits per heavy atom. The predicted molar refractivity (Wildman–Crippen MR) is 99.3 cm³/mol. The van der Waals surface area contributed by atoms with Gasteiger partial charge in [0.25, 0.3) is 0 Å². The van der Waals surface area contributed by atoms with Gasteiger partial charge in [0.1, 0.15) is 0 Å². The number of guanidine groups is 1. The fourth-order valence-electron chi connectivity index (χ4n) is 3.98. The van der Waals surface area contributed by atoms with E-state index in [9.17, 15) is 5.11 Å².